The summed E-state index contributed by atoms with van der Waals surface area (Å²) in [6.45, 7) is 10.6. The van der Waals surface area contributed by atoms with Crippen molar-refractivity contribution >= 4 is 11.6 Å². The van der Waals surface area contributed by atoms with Crippen LogP contribution in [0.5, 0.6) is 11.5 Å². The normalized spacial score (nSPS) is 11.6. The van der Waals surface area contributed by atoms with Crippen LogP contribution >= 0.6 is 11.6 Å². The maximum absolute atomic E-state index is 9.74. The summed E-state index contributed by atoms with van der Waals surface area (Å²) < 4.78 is 5.14. The number of benzene rings is 1. The number of ether oxygens (including phenoxy) is 1. The van der Waals surface area contributed by atoms with Gasteiger partial charge in [0.05, 0.1) is 12.1 Å². The first-order chi connectivity index (χ1) is 8.85. The first-order valence-corrected chi connectivity index (χ1v) is 7.02. The van der Waals surface area contributed by atoms with Gasteiger partial charge in [0.15, 0.2) is 11.5 Å². The Hall–Kier alpha value is -0.930. The van der Waals surface area contributed by atoms with Gasteiger partial charge >= 0.3 is 0 Å². The topological polar surface area (TPSA) is 32.7 Å². The van der Waals surface area contributed by atoms with E-state index in [0.29, 0.717) is 22.7 Å². The molecule has 0 fully saturated rings. The summed E-state index contributed by atoms with van der Waals surface area (Å²) in [6, 6.07) is 4.10. The number of phenolic OH excluding ortho intramolecular Hbond substituents is 1. The SMILES string of the molecule is COc1cc(CN(CC(C)C)C(C)C)cc(Cl)c1O. The van der Waals surface area contributed by atoms with Gasteiger partial charge in [-0.15, -0.1) is 0 Å². The molecule has 0 atom stereocenters. The zero-order valence-electron chi connectivity index (χ0n) is 12.4. The summed E-state index contributed by atoms with van der Waals surface area (Å²) in [5.41, 5.74) is 1.05. The van der Waals surface area contributed by atoms with Crippen LogP contribution in [0, 0.1) is 5.92 Å². The molecule has 4 heteroatoms. The number of aromatic hydroxyl groups is 1. The summed E-state index contributed by atoms with van der Waals surface area (Å²) in [4.78, 5) is 2.38. The second kappa shape index (κ2) is 7.01. The van der Waals surface area contributed by atoms with E-state index in [1.807, 2.05) is 6.07 Å². The molecular formula is C15H24ClNO2. The summed E-state index contributed by atoms with van der Waals surface area (Å²) >= 11 is 6.02. The third-order valence-electron chi connectivity index (χ3n) is 3.02. The minimum Gasteiger partial charge on any atom is -0.503 e. The van der Waals surface area contributed by atoms with Crippen molar-refractivity contribution in [1.82, 2.24) is 4.90 Å². The van der Waals surface area contributed by atoms with Gasteiger partial charge in [0.25, 0.3) is 0 Å². The largest absolute Gasteiger partial charge is 0.503 e. The Kier molecular flexibility index (Phi) is 5.95. The fraction of sp³-hybridized carbons (Fsp3) is 0.600. The van der Waals surface area contributed by atoms with Gasteiger partial charge in [-0.25, -0.2) is 0 Å². The average molecular weight is 286 g/mol. The molecular weight excluding hydrogens is 262 g/mol. The van der Waals surface area contributed by atoms with Crippen molar-refractivity contribution < 1.29 is 9.84 Å². The molecule has 0 aliphatic carbocycles. The highest BCUT2D eigenvalue weighted by Crippen LogP contribution is 2.35. The van der Waals surface area contributed by atoms with Crippen LogP contribution < -0.4 is 4.74 Å². The Labute approximate surface area is 121 Å². The fourth-order valence-electron chi connectivity index (χ4n) is 2.04. The summed E-state index contributed by atoms with van der Waals surface area (Å²) in [5, 5.41) is 10.1. The van der Waals surface area contributed by atoms with E-state index in [0.717, 1.165) is 18.7 Å². The lowest BCUT2D eigenvalue weighted by Gasteiger charge is -2.28. The molecule has 0 saturated heterocycles. The molecule has 0 aliphatic heterocycles. The molecule has 1 aromatic carbocycles. The Morgan fingerprint density at radius 3 is 2.37 bits per heavy atom. The van der Waals surface area contributed by atoms with Gasteiger partial charge in [-0.2, -0.15) is 0 Å². The third-order valence-corrected chi connectivity index (χ3v) is 3.31. The molecule has 0 bridgehead atoms. The average Bonchev–Trinajstić information content (AvgIpc) is 2.31. The van der Waals surface area contributed by atoms with Crippen LogP contribution in [0.1, 0.15) is 33.3 Å². The van der Waals surface area contributed by atoms with E-state index in [-0.39, 0.29) is 5.75 Å². The second-order valence-corrected chi connectivity index (χ2v) is 5.95. The lowest BCUT2D eigenvalue weighted by atomic mass is 10.1. The molecule has 3 nitrogen and oxygen atoms in total. The maximum Gasteiger partial charge on any atom is 0.176 e. The number of methoxy groups -OCH3 is 1. The van der Waals surface area contributed by atoms with Gasteiger partial charge in [0.2, 0.25) is 0 Å². The number of rotatable bonds is 6. The van der Waals surface area contributed by atoms with Crippen LogP contribution in [0.15, 0.2) is 12.1 Å². The Bertz CT molecular complexity index is 419. The van der Waals surface area contributed by atoms with Crippen molar-refractivity contribution in [2.45, 2.75) is 40.3 Å². The van der Waals surface area contributed by atoms with Crippen LogP contribution in [0.25, 0.3) is 0 Å². The molecule has 0 heterocycles. The highest BCUT2D eigenvalue weighted by molar-refractivity contribution is 6.32. The van der Waals surface area contributed by atoms with Crippen molar-refractivity contribution in [3.05, 3.63) is 22.7 Å². The molecule has 0 saturated carbocycles. The highest BCUT2D eigenvalue weighted by atomic mass is 35.5. The molecule has 0 radical (unpaired) electrons. The van der Waals surface area contributed by atoms with Crippen LogP contribution in [0.4, 0.5) is 0 Å². The van der Waals surface area contributed by atoms with Crippen molar-refractivity contribution in [3.63, 3.8) is 0 Å². The van der Waals surface area contributed by atoms with Crippen molar-refractivity contribution in [2.24, 2.45) is 5.92 Å². The number of hydrogen-bond donors (Lipinski definition) is 1. The predicted molar refractivity (Wildman–Crippen MR) is 80.1 cm³/mol. The summed E-state index contributed by atoms with van der Waals surface area (Å²) in [7, 11) is 1.53. The highest BCUT2D eigenvalue weighted by Gasteiger charge is 2.15. The van der Waals surface area contributed by atoms with E-state index >= 15 is 0 Å². The standard InChI is InChI=1S/C15H24ClNO2/c1-10(2)8-17(11(3)4)9-12-6-13(16)15(18)14(7-12)19-5/h6-7,10-11,18H,8-9H2,1-5H3. The van der Waals surface area contributed by atoms with E-state index in [1.165, 1.54) is 7.11 Å². The molecule has 108 valence electrons. The number of nitrogens with zero attached hydrogens (tertiary/aromatic N) is 1. The first kappa shape index (κ1) is 16.1. The van der Waals surface area contributed by atoms with Crippen molar-refractivity contribution in [2.75, 3.05) is 13.7 Å². The Balaban J connectivity index is 2.93. The number of halogens is 1. The molecule has 0 amide bonds. The van der Waals surface area contributed by atoms with Crippen LogP contribution in [-0.2, 0) is 6.54 Å². The van der Waals surface area contributed by atoms with E-state index in [4.69, 9.17) is 16.3 Å². The maximum atomic E-state index is 9.74. The fourth-order valence-corrected chi connectivity index (χ4v) is 2.27. The summed E-state index contributed by atoms with van der Waals surface area (Å²) in [5.74, 6) is 1.04. The van der Waals surface area contributed by atoms with Crippen molar-refractivity contribution in [3.8, 4) is 11.5 Å². The van der Waals surface area contributed by atoms with Crippen LogP contribution in [0.2, 0.25) is 5.02 Å². The smallest absolute Gasteiger partial charge is 0.176 e. The monoisotopic (exact) mass is 285 g/mol. The quantitative estimate of drug-likeness (QED) is 0.860. The number of hydrogen-bond acceptors (Lipinski definition) is 3. The van der Waals surface area contributed by atoms with Gasteiger partial charge in [0.1, 0.15) is 0 Å². The van der Waals surface area contributed by atoms with Gasteiger partial charge < -0.3 is 9.84 Å². The molecule has 19 heavy (non-hydrogen) atoms. The lowest BCUT2D eigenvalue weighted by molar-refractivity contribution is 0.189. The van der Waals surface area contributed by atoms with E-state index in [2.05, 4.69) is 32.6 Å². The zero-order valence-corrected chi connectivity index (χ0v) is 13.2. The third kappa shape index (κ3) is 4.59. The molecule has 0 aliphatic rings. The summed E-state index contributed by atoms with van der Waals surface area (Å²) in [6.07, 6.45) is 0. The van der Waals surface area contributed by atoms with Crippen LogP contribution in [-0.4, -0.2) is 29.7 Å². The zero-order chi connectivity index (χ0) is 14.6. The molecule has 0 spiro atoms. The molecule has 0 aromatic heterocycles. The molecule has 1 N–H and O–H groups in total. The minimum atomic E-state index is 0.00729. The Morgan fingerprint density at radius 2 is 1.89 bits per heavy atom. The van der Waals surface area contributed by atoms with E-state index < -0.39 is 0 Å². The second-order valence-electron chi connectivity index (χ2n) is 5.55. The first-order valence-electron chi connectivity index (χ1n) is 6.64. The van der Waals surface area contributed by atoms with E-state index in [1.54, 1.807) is 6.07 Å². The van der Waals surface area contributed by atoms with Gasteiger partial charge in [0, 0.05) is 19.1 Å². The predicted octanol–water partition coefficient (Wildman–Crippen LogP) is 3.92. The molecule has 0 unspecified atom stereocenters. The Morgan fingerprint density at radius 1 is 1.26 bits per heavy atom. The van der Waals surface area contributed by atoms with Gasteiger partial charge in [-0.3, -0.25) is 4.90 Å². The minimum absolute atomic E-state index is 0.00729. The van der Waals surface area contributed by atoms with Crippen LogP contribution in [0.3, 0.4) is 0 Å². The van der Waals surface area contributed by atoms with E-state index in [9.17, 15) is 5.11 Å². The van der Waals surface area contributed by atoms with Gasteiger partial charge in [-0.05, 0) is 37.5 Å². The van der Waals surface area contributed by atoms with Gasteiger partial charge in [-0.1, -0.05) is 25.4 Å². The molecule has 1 rings (SSSR count). The molecule has 1 aromatic rings. The number of phenols is 1. The lowest BCUT2D eigenvalue weighted by Crippen LogP contribution is -2.33. The van der Waals surface area contributed by atoms with Crippen molar-refractivity contribution in [1.29, 1.82) is 0 Å².